The predicted octanol–water partition coefficient (Wildman–Crippen LogP) is 8.14. The van der Waals surface area contributed by atoms with Crippen molar-refractivity contribution in [2.24, 2.45) is 4.99 Å². The smallest absolute Gasteiger partial charge is 0.132 e. The van der Waals surface area contributed by atoms with E-state index in [0.29, 0.717) is 5.02 Å². The molecular formula is C27H29Cl2NO2. The second-order valence-corrected chi connectivity index (χ2v) is 8.95. The van der Waals surface area contributed by atoms with E-state index in [1.807, 2.05) is 75.4 Å². The average molecular weight is 470 g/mol. The van der Waals surface area contributed by atoms with Crippen LogP contribution in [0, 0.1) is 0 Å². The molecule has 0 aliphatic rings. The fraction of sp³-hybridized carbons (Fsp3) is 0.296. The van der Waals surface area contributed by atoms with Gasteiger partial charge in [-0.15, -0.1) is 0 Å². The first-order chi connectivity index (χ1) is 15.3. The number of halogens is 2. The van der Waals surface area contributed by atoms with Crippen LogP contribution in [0.2, 0.25) is 10.0 Å². The molecule has 0 heterocycles. The Labute approximate surface area is 201 Å². The Hall–Kier alpha value is -2.49. The number of hydrogen-bond acceptors (Lipinski definition) is 3. The van der Waals surface area contributed by atoms with Crippen molar-refractivity contribution in [2.75, 3.05) is 7.11 Å². The third kappa shape index (κ3) is 6.05. The van der Waals surface area contributed by atoms with Gasteiger partial charge in [-0.05, 0) is 68.3 Å². The summed E-state index contributed by atoms with van der Waals surface area (Å²) >= 11 is 12.3. The Bertz CT molecular complexity index is 1060. The molecule has 3 aromatic carbocycles. The van der Waals surface area contributed by atoms with Crippen LogP contribution in [0.4, 0.5) is 0 Å². The monoisotopic (exact) mass is 469 g/mol. The van der Waals surface area contributed by atoms with Crippen molar-refractivity contribution in [3.8, 4) is 11.5 Å². The Morgan fingerprint density at radius 2 is 1.38 bits per heavy atom. The molecule has 0 spiro atoms. The maximum Gasteiger partial charge on any atom is 0.132 e. The van der Waals surface area contributed by atoms with E-state index in [4.69, 9.17) is 37.7 Å². The van der Waals surface area contributed by atoms with Gasteiger partial charge in [-0.2, -0.15) is 0 Å². The summed E-state index contributed by atoms with van der Waals surface area (Å²) in [7, 11) is 1.65. The predicted molar refractivity (Wildman–Crippen MR) is 135 cm³/mol. The molecule has 2 atom stereocenters. The van der Waals surface area contributed by atoms with Crippen LogP contribution in [-0.4, -0.2) is 18.9 Å². The molecule has 3 rings (SSSR count). The van der Waals surface area contributed by atoms with Gasteiger partial charge >= 0.3 is 0 Å². The van der Waals surface area contributed by atoms with Crippen LogP contribution < -0.4 is 9.47 Å². The lowest BCUT2D eigenvalue weighted by atomic mass is 9.88. The highest BCUT2D eigenvalue weighted by atomic mass is 35.5. The molecule has 0 aliphatic heterocycles. The molecule has 2 unspecified atom stereocenters. The number of ether oxygens (including phenoxy) is 2. The van der Waals surface area contributed by atoms with E-state index >= 15 is 0 Å². The highest BCUT2D eigenvalue weighted by molar-refractivity contribution is 6.30. The van der Waals surface area contributed by atoms with Crippen molar-refractivity contribution < 1.29 is 9.47 Å². The Morgan fingerprint density at radius 1 is 0.812 bits per heavy atom. The van der Waals surface area contributed by atoms with Crippen LogP contribution in [0.3, 0.4) is 0 Å². The van der Waals surface area contributed by atoms with Gasteiger partial charge < -0.3 is 9.47 Å². The van der Waals surface area contributed by atoms with Crippen LogP contribution in [0.15, 0.2) is 71.7 Å². The number of rotatable bonds is 8. The van der Waals surface area contributed by atoms with Gasteiger partial charge in [0.1, 0.15) is 11.5 Å². The van der Waals surface area contributed by atoms with Crippen molar-refractivity contribution in [3.05, 3.63) is 93.5 Å². The quantitative estimate of drug-likeness (QED) is 0.311. The molecule has 0 aromatic heterocycles. The molecular weight excluding hydrogens is 441 g/mol. The standard InChI is InChI=1S/C27H29Cl2NO2/c1-17(2)32-26-16-24(31-5)14-15-25(26)19(4)30-27(21-8-12-23(29)13-9-21)18(3)20-6-10-22(28)11-7-20/h6-18,27H,1-5H3. The summed E-state index contributed by atoms with van der Waals surface area (Å²) in [6.45, 7) is 8.22. The summed E-state index contributed by atoms with van der Waals surface area (Å²) in [6, 6.07) is 21.6. The van der Waals surface area contributed by atoms with Gasteiger partial charge in [-0.1, -0.05) is 54.4 Å². The van der Waals surface area contributed by atoms with Crippen LogP contribution >= 0.6 is 23.2 Å². The summed E-state index contributed by atoms with van der Waals surface area (Å²) in [5.41, 5.74) is 4.10. The van der Waals surface area contributed by atoms with Crippen molar-refractivity contribution in [1.29, 1.82) is 0 Å². The van der Waals surface area contributed by atoms with Gasteiger partial charge in [0, 0.05) is 33.3 Å². The van der Waals surface area contributed by atoms with Crippen LogP contribution in [0.25, 0.3) is 0 Å². The van der Waals surface area contributed by atoms with E-state index in [9.17, 15) is 0 Å². The van der Waals surface area contributed by atoms with Crippen molar-refractivity contribution in [2.45, 2.75) is 45.8 Å². The summed E-state index contributed by atoms with van der Waals surface area (Å²) in [6.07, 6.45) is 0.0358. The number of methoxy groups -OCH3 is 1. The summed E-state index contributed by atoms with van der Waals surface area (Å²) < 4.78 is 11.5. The van der Waals surface area contributed by atoms with E-state index in [-0.39, 0.29) is 18.1 Å². The molecule has 0 bridgehead atoms. The van der Waals surface area contributed by atoms with E-state index < -0.39 is 0 Å². The second-order valence-electron chi connectivity index (χ2n) is 8.08. The minimum Gasteiger partial charge on any atom is -0.497 e. The van der Waals surface area contributed by atoms with Crippen molar-refractivity contribution >= 4 is 28.9 Å². The number of hydrogen-bond donors (Lipinski definition) is 0. The summed E-state index contributed by atoms with van der Waals surface area (Å²) in [4.78, 5) is 5.19. The Morgan fingerprint density at radius 3 is 1.91 bits per heavy atom. The molecule has 168 valence electrons. The zero-order valence-corrected chi connectivity index (χ0v) is 20.6. The summed E-state index contributed by atoms with van der Waals surface area (Å²) in [5.74, 6) is 1.63. The second kappa shape index (κ2) is 10.9. The zero-order valence-electron chi connectivity index (χ0n) is 19.1. The minimum absolute atomic E-state index is 0.0358. The molecule has 0 aliphatic carbocycles. The van der Waals surface area contributed by atoms with Gasteiger partial charge in [-0.3, -0.25) is 4.99 Å². The molecule has 0 fully saturated rings. The molecule has 5 heteroatoms. The highest BCUT2D eigenvalue weighted by Gasteiger charge is 2.22. The van der Waals surface area contributed by atoms with Crippen molar-refractivity contribution in [3.63, 3.8) is 0 Å². The number of aliphatic imine (C=N–C) groups is 1. The van der Waals surface area contributed by atoms with Gasteiger partial charge in [-0.25, -0.2) is 0 Å². The summed E-state index contributed by atoms with van der Waals surface area (Å²) in [5, 5.41) is 1.42. The molecule has 0 radical (unpaired) electrons. The molecule has 3 nitrogen and oxygen atoms in total. The SMILES string of the molecule is COc1ccc(C(C)=NC(c2ccc(Cl)cc2)C(C)c2ccc(Cl)cc2)c(OC(C)C)c1. The van der Waals surface area contributed by atoms with E-state index in [2.05, 4.69) is 19.1 Å². The maximum absolute atomic E-state index is 6.15. The normalized spacial score (nSPS) is 13.7. The molecule has 0 saturated carbocycles. The average Bonchev–Trinajstić information content (AvgIpc) is 2.77. The molecule has 0 amide bonds. The molecule has 3 aromatic rings. The van der Waals surface area contributed by atoms with Gasteiger partial charge in [0.05, 0.1) is 19.3 Å². The Kier molecular flexibility index (Phi) is 8.22. The third-order valence-electron chi connectivity index (χ3n) is 5.35. The van der Waals surface area contributed by atoms with Crippen molar-refractivity contribution in [1.82, 2.24) is 0 Å². The fourth-order valence-electron chi connectivity index (χ4n) is 3.64. The first kappa shape index (κ1) is 24.2. The lowest BCUT2D eigenvalue weighted by molar-refractivity contribution is 0.241. The molecule has 0 saturated heterocycles. The van der Waals surface area contributed by atoms with Gasteiger partial charge in [0.2, 0.25) is 0 Å². The van der Waals surface area contributed by atoms with Crippen LogP contribution in [-0.2, 0) is 0 Å². The van der Waals surface area contributed by atoms with Gasteiger partial charge in [0.15, 0.2) is 0 Å². The largest absolute Gasteiger partial charge is 0.497 e. The molecule has 32 heavy (non-hydrogen) atoms. The van der Waals surface area contributed by atoms with E-state index in [1.165, 1.54) is 5.56 Å². The first-order valence-electron chi connectivity index (χ1n) is 10.7. The lowest BCUT2D eigenvalue weighted by Crippen LogP contribution is -2.12. The first-order valence-corrected chi connectivity index (χ1v) is 11.4. The lowest BCUT2D eigenvalue weighted by Gasteiger charge is -2.23. The number of benzene rings is 3. The third-order valence-corrected chi connectivity index (χ3v) is 5.86. The van der Waals surface area contributed by atoms with E-state index in [1.54, 1.807) is 7.11 Å². The van der Waals surface area contributed by atoms with Gasteiger partial charge in [0.25, 0.3) is 0 Å². The zero-order chi connectivity index (χ0) is 23.3. The Balaban J connectivity index is 2.07. The maximum atomic E-state index is 6.15. The van der Waals surface area contributed by atoms with Crippen LogP contribution in [0.1, 0.15) is 56.3 Å². The highest BCUT2D eigenvalue weighted by Crippen LogP contribution is 2.36. The molecule has 0 N–H and O–H groups in total. The number of nitrogens with zero attached hydrogens (tertiary/aromatic N) is 1. The fourth-order valence-corrected chi connectivity index (χ4v) is 3.89. The minimum atomic E-state index is -0.109. The van der Waals surface area contributed by atoms with Crippen LogP contribution in [0.5, 0.6) is 11.5 Å². The topological polar surface area (TPSA) is 30.8 Å². The van der Waals surface area contributed by atoms with E-state index in [0.717, 1.165) is 33.4 Å².